The third kappa shape index (κ3) is 4.41. The molecule has 2 rings (SSSR count). The van der Waals surface area contributed by atoms with Crippen LogP contribution in [0, 0.1) is 12.8 Å². The Kier molecular flexibility index (Phi) is 5.30. The van der Waals surface area contributed by atoms with E-state index in [1.54, 1.807) is 0 Å². The zero-order valence-electron chi connectivity index (χ0n) is 13.3. The zero-order valence-corrected chi connectivity index (χ0v) is 13.3. The van der Waals surface area contributed by atoms with Gasteiger partial charge in [0, 0.05) is 18.8 Å². The van der Waals surface area contributed by atoms with Crippen LogP contribution in [-0.2, 0) is 0 Å². The maximum atomic E-state index is 5.72. The zero-order chi connectivity index (χ0) is 14.5. The second kappa shape index (κ2) is 6.98. The number of anilines is 1. The summed E-state index contributed by atoms with van der Waals surface area (Å²) in [5, 5.41) is 3.60. The summed E-state index contributed by atoms with van der Waals surface area (Å²) >= 11 is 0. The highest BCUT2D eigenvalue weighted by Crippen LogP contribution is 2.23. The van der Waals surface area contributed by atoms with Crippen LogP contribution in [0.3, 0.4) is 0 Å². The Hall–Kier alpha value is -1.22. The lowest BCUT2D eigenvalue weighted by Crippen LogP contribution is -2.35. The van der Waals surface area contributed by atoms with Gasteiger partial charge in [-0.1, -0.05) is 0 Å². The first kappa shape index (κ1) is 15.2. The molecule has 1 aromatic rings. The van der Waals surface area contributed by atoms with E-state index >= 15 is 0 Å². The molecule has 1 atom stereocenters. The first-order chi connectivity index (χ1) is 9.54. The SMILES string of the molecule is Cc1cc(OC(C)C)ccc1NCC1CCCN(C)C1. The van der Waals surface area contributed by atoms with E-state index in [0.29, 0.717) is 0 Å². The van der Waals surface area contributed by atoms with E-state index in [9.17, 15) is 0 Å². The second-order valence-electron chi connectivity index (χ2n) is 6.29. The minimum absolute atomic E-state index is 0.228. The summed E-state index contributed by atoms with van der Waals surface area (Å²) in [6, 6.07) is 6.32. The predicted octanol–water partition coefficient (Wildman–Crippen LogP) is 3.54. The van der Waals surface area contributed by atoms with Crippen molar-refractivity contribution in [3.63, 3.8) is 0 Å². The van der Waals surface area contributed by atoms with Crippen LogP contribution in [0.25, 0.3) is 0 Å². The van der Waals surface area contributed by atoms with Crippen LogP contribution >= 0.6 is 0 Å². The molecule has 1 aromatic carbocycles. The molecule has 1 fully saturated rings. The van der Waals surface area contributed by atoms with Crippen LogP contribution in [0.5, 0.6) is 5.75 Å². The van der Waals surface area contributed by atoms with Gasteiger partial charge in [-0.15, -0.1) is 0 Å². The highest BCUT2D eigenvalue weighted by atomic mass is 16.5. The molecule has 0 radical (unpaired) electrons. The fourth-order valence-electron chi connectivity index (χ4n) is 2.87. The van der Waals surface area contributed by atoms with E-state index < -0.39 is 0 Å². The van der Waals surface area contributed by atoms with Gasteiger partial charge in [-0.2, -0.15) is 0 Å². The number of hydrogen-bond donors (Lipinski definition) is 1. The van der Waals surface area contributed by atoms with Gasteiger partial charge in [0.2, 0.25) is 0 Å². The van der Waals surface area contributed by atoms with Crippen molar-refractivity contribution >= 4 is 5.69 Å². The van der Waals surface area contributed by atoms with Gasteiger partial charge >= 0.3 is 0 Å². The standard InChI is InChI=1S/C17H28N2O/c1-13(2)20-16-7-8-17(14(3)10-16)18-11-15-6-5-9-19(4)12-15/h7-8,10,13,15,18H,5-6,9,11-12H2,1-4H3. The van der Waals surface area contributed by atoms with Crippen molar-refractivity contribution in [2.24, 2.45) is 5.92 Å². The van der Waals surface area contributed by atoms with Crippen LogP contribution in [-0.4, -0.2) is 37.7 Å². The Labute approximate surface area is 123 Å². The molecular weight excluding hydrogens is 248 g/mol. The smallest absolute Gasteiger partial charge is 0.120 e. The van der Waals surface area contributed by atoms with E-state index in [2.05, 4.69) is 56.2 Å². The number of nitrogens with zero attached hydrogens (tertiary/aromatic N) is 1. The summed E-state index contributed by atoms with van der Waals surface area (Å²) in [4.78, 5) is 2.43. The summed E-state index contributed by atoms with van der Waals surface area (Å²) < 4.78 is 5.72. The summed E-state index contributed by atoms with van der Waals surface area (Å²) in [6.45, 7) is 9.78. The summed E-state index contributed by atoms with van der Waals surface area (Å²) in [5.41, 5.74) is 2.49. The quantitative estimate of drug-likeness (QED) is 0.890. The largest absolute Gasteiger partial charge is 0.491 e. The highest BCUT2D eigenvalue weighted by molar-refractivity contribution is 5.53. The Morgan fingerprint density at radius 3 is 2.85 bits per heavy atom. The summed E-state index contributed by atoms with van der Waals surface area (Å²) in [7, 11) is 2.22. The molecule has 3 nitrogen and oxygen atoms in total. The van der Waals surface area contributed by atoms with Gasteiger partial charge in [0.1, 0.15) is 5.75 Å². The van der Waals surface area contributed by atoms with Crippen LogP contribution in [0.15, 0.2) is 18.2 Å². The molecule has 0 spiro atoms. The molecule has 0 aliphatic carbocycles. The fourth-order valence-corrected chi connectivity index (χ4v) is 2.87. The van der Waals surface area contributed by atoms with Gasteiger partial charge in [0.05, 0.1) is 6.10 Å². The van der Waals surface area contributed by atoms with Crippen LogP contribution in [0.1, 0.15) is 32.3 Å². The Balaban J connectivity index is 1.89. The van der Waals surface area contributed by atoms with Crippen molar-refractivity contribution in [3.05, 3.63) is 23.8 Å². The predicted molar refractivity (Wildman–Crippen MR) is 85.7 cm³/mol. The number of benzene rings is 1. The van der Waals surface area contributed by atoms with E-state index in [-0.39, 0.29) is 6.10 Å². The Morgan fingerprint density at radius 2 is 2.20 bits per heavy atom. The lowest BCUT2D eigenvalue weighted by molar-refractivity contribution is 0.217. The molecule has 112 valence electrons. The topological polar surface area (TPSA) is 24.5 Å². The third-order valence-corrected chi connectivity index (χ3v) is 3.87. The lowest BCUT2D eigenvalue weighted by Gasteiger charge is -2.30. The number of rotatable bonds is 5. The van der Waals surface area contributed by atoms with Crippen molar-refractivity contribution in [1.82, 2.24) is 4.90 Å². The molecule has 20 heavy (non-hydrogen) atoms. The van der Waals surface area contributed by atoms with E-state index in [1.165, 1.54) is 37.2 Å². The fraction of sp³-hybridized carbons (Fsp3) is 0.647. The molecule has 0 bridgehead atoms. The summed E-state index contributed by atoms with van der Waals surface area (Å²) in [5.74, 6) is 1.72. The van der Waals surface area contributed by atoms with Crippen LogP contribution in [0.4, 0.5) is 5.69 Å². The second-order valence-corrected chi connectivity index (χ2v) is 6.29. The normalized spacial score (nSPS) is 20.1. The van der Waals surface area contributed by atoms with Crippen LogP contribution < -0.4 is 10.1 Å². The van der Waals surface area contributed by atoms with Gasteiger partial charge in [-0.3, -0.25) is 0 Å². The molecule has 0 saturated carbocycles. The van der Waals surface area contributed by atoms with Crippen molar-refractivity contribution in [2.75, 3.05) is 32.0 Å². The minimum atomic E-state index is 0.228. The van der Waals surface area contributed by atoms with Gasteiger partial charge in [0.15, 0.2) is 0 Å². The molecule has 1 aliphatic heterocycles. The first-order valence-corrected chi connectivity index (χ1v) is 7.74. The molecule has 1 saturated heterocycles. The third-order valence-electron chi connectivity index (χ3n) is 3.87. The van der Waals surface area contributed by atoms with Gasteiger partial charge in [-0.25, -0.2) is 0 Å². The number of hydrogen-bond acceptors (Lipinski definition) is 3. The van der Waals surface area contributed by atoms with E-state index in [0.717, 1.165) is 18.2 Å². The number of ether oxygens (including phenoxy) is 1. The number of piperidine rings is 1. The van der Waals surface area contributed by atoms with Gasteiger partial charge in [-0.05, 0) is 76.9 Å². The number of likely N-dealkylation sites (tertiary alicyclic amines) is 1. The molecule has 1 unspecified atom stereocenters. The Morgan fingerprint density at radius 1 is 1.40 bits per heavy atom. The van der Waals surface area contributed by atoms with Crippen molar-refractivity contribution < 1.29 is 4.74 Å². The average molecular weight is 276 g/mol. The molecule has 0 aromatic heterocycles. The molecule has 1 aliphatic rings. The van der Waals surface area contributed by atoms with Gasteiger partial charge in [0.25, 0.3) is 0 Å². The monoisotopic (exact) mass is 276 g/mol. The molecule has 0 amide bonds. The maximum absolute atomic E-state index is 5.72. The first-order valence-electron chi connectivity index (χ1n) is 7.74. The summed E-state index contributed by atoms with van der Waals surface area (Å²) in [6.07, 6.45) is 2.89. The molecular formula is C17H28N2O. The van der Waals surface area contributed by atoms with Crippen LogP contribution in [0.2, 0.25) is 0 Å². The number of nitrogens with one attached hydrogen (secondary N) is 1. The lowest BCUT2D eigenvalue weighted by atomic mass is 9.98. The van der Waals surface area contributed by atoms with Gasteiger partial charge < -0.3 is 15.0 Å². The molecule has 1 heterocycles. The highest BCUT2D eigenvalue weighted by Gasteiger charge is 2.16. The van der Waals surface area contributed by atoms with E-state index in [4.69, 9.17) is 4.74 Å². The Bertz CT molecular complexity index is 431. The van der Waals surface area contributed by atoms with Crippen molar-refractivity contribution in [1.29, 1.82) is 0 Å². The molecule has 1 N–H and O–H groups in total. The van der Waals surface area contributed by atoms with Crippen molar-refractivity contribution in [3.8, 4) is 5.75 Å². The van der Waals surface area contributed by atoms with Crippen molar-refractivity contribution in [2.45, 2.75) is 39.7 Å². The van der Waals surface area contributed by atoms with E-state index in [1.807, 2.05) is 0 Å². The molecule has 3 heteroatoms. The average Bonchev–Trinajstić information content (AvgIpc) is 2.37. The number of aryl methyl sites for hydroxylation is 1. The minimum Gasteiger partial charge on any atom is -0.491 e. The maximum Gasteiger partial charge on any atom is 0.120 e.